The van der Waals surface area contributed by atoms with Crippen LogP contribution in [0.25, 0.3) is 10.9 Å². The number of thioether (sulfide) groups is 1. The van der Waals surface area contributed by atoms with Gasteiger partial charge in [-0.15, -0.1) is 11.8 Å². The van der Waals surface area contributed by atoms with Gasteiger partial charge in [-0.3, -0.25) is 4.79 Å². The van der Waals surface area contributed by atoms with Crippen LogP contribution >= 0.6 is 11.8 Å². The molecule has 0 aliphatic carbocycles. The highest BCUT2D eigenvalue weighted by Gasteiger charge is 2.33. The molecule has 0 radical (unpaired) electrons. The number of hydrogen-bond donors (Lipinski definition) is 0. The molecule has 0 N–H and O–H groups in total. The zero-order valence-electron chi connectivity index (χ0n) is 13.7. The van der Waals surface area contributed by atoms with Gasteiger partial charge in [0, 0.05) is 18.5 Å². The zero-order chi connectivity index (χ0) is 16.2. The number of hydrogen-bond acceptors (Lipinski definition) is 4. The minimum atomic E-state index is 0.0441. The zero-order valence-corrected chi connectivity index (χ0v) is 14.6. The minimum Gasteiger partial charge on any atom is -0.323 e. The minimum absolute atomic E-state index is 0.0441. The van der Waals surface area contributed by atoms with E-state index in [0.717, 1.165) is 42.8 Å². The van der Waals surface area contributed by atoms with Crippen LogP contribution in [0.5, 0.6) is 0 Å². The van der Waals surface area contributed by atoms with Crippen molar-refractivity contribution in [1.82, 2.24) is 14.8 Å². The highest BCUT2D eigenvalue weighted by Crippen LogP contribution is 2.37. The summed E-state index contributed by atoms with van der Waals surface area (Å²) < 4.78 is 0. The molecule has 1 fully saturated rings. The maximum Gasteiger partial charge on any atom is 0.233 e. The van der Waals surface area contributed by atoms with Crippen LogP contribution in [0, 0.1) is 0 Å². The average molecular weight is 329 g/mol. The highest BCUT2D eigenvalue weighted by molar-refractivity contribution is 8.00. The largest absolute Gasteiger partial charge is 0.323 e. The first-order valence-corrected chi connectivity index (χ1v) is 9.27. The van der Waals surface area contributed by atoms with Crippen LogP contribution < -0.4 is 0 Å². The summed E-state index contributed by atoms with van der Waals surface area (Å²) in [5.41, 5.74) is 1.98. The smallest absolute Gasteiger partial charge is 0.233 e. The number of pyridine rings is 1. The van der Waals surface area contributed by atoms with Crippen molar-refractivity contribution >= 4 is 28.6 Å². The molecule has 122 valence electrons. The predicted molar refractivity (Wildman–Crippen MR) is 96.4 cm³/mol. The van der Waals surface area contributed by atoms with Crippen molar-refractivity contribution < 1.29 is 4.79 Å². The maximum absolute atomic E-state index is 12.3. The van der Waals surface area contributed by atoms with E-state index in [1.165, 1.54) is 0 Å². The topological polar surface area (TPSA) is 36.4 Å². The SMILES string of the molecule is CCN(CC)CCN1C(=O)CSC1c1ccc2ccccc2n1. The van der Waals surface area contributed by atoms with Crippen molar-refractivity contribution in [2.75, 3.05) is 31.9 Å². The van der Waals surface area contributed by atoms with Gasteiger partial charge in [0.1, 0.15) is 5.37 Å². The van der Waals surface area contributed by atoms with Gasteiger partial charge in [-0.1, -0.05) is 38.1 Å². The van der Waals surface area contributed by atoms with E-state index in [0.29, 0.717) is 5.75 Å². The lowest BCUT2D eigenvalue weighted by atomic mass is 10.2. The Bertz CT molecular complexity index is 687. The van der Waals surface area contributed by atoms with E-state index in [2.05, 4.69) is 36.9 Å². The summed E-state index contributed by atoms with van der Waals surface area (Å²) >= 11 is 1.68. The van der Waals surface area contributed by atoms with Crippen molar-refractivity contribution in [3.8, 4) is 0 Å². The van der Waals surface area contributed by atoms with Crippen molar-refractivity contribution in [1.29, 1.82) is 0 Å². The molecule has 1 aromatic carbocycles. The van der Waals surface area contributed by atoms with Gasteiger partial charge in [-0.25, -0.2) is 4.98 Å². The van der Waals surface area contributed by atoms with Crippen molar-refractivity contribution in [3.05, 3.63) is 42.1 Å². The number of carbonyl (C=O) groups is 1. The molecule has 2 aromatic rings. The Labute approximate surface area is 141 Å². The van der Waals surface area contributed by atoms with Gasteiger partial charge in [-0.2, -0.15) is 0 Å². The molecular formula is C18H23N3OS. The summed E-state index contributed by atoms with van der Waals surface area (Å²) in [6.07, 6.45) is 0. The van der Waals surface area contributed by atoms with Gasteiger partial charge in [0.2, 0.25) is 5.91 Å². The second-order valence-corrected chi connectivity index (χ2v) is 6.77. The van der Waals surface area contributed by atoms with Crippen molar-refractivity contribution in [3.63, 3.8) is 0 Å². The predicted octanol–water partition coefficient (Wildman–Crippen LogP) is 3.15. The number of benzene rings is 1. The molecule has 0 bridgehead atoms. The van der Waals surface area contributed by atoms with Gasteiger partial charge in [0.25, 0.3) is 0 Å². The van der Waals surface area contributed by atoms with Crippen LogP contribution in [0.15, 0.2) is 36.4 Å². The molecule has 0 saturated carbocycles. The number of aromatic nitrogens is 1. The molecule has 0 spiro atoms. The molecule has 1 atom stereocenters. The van der Waals surface area contributed by atoms with E-state index in [1.54, 1.807) is 11.8 Å². The van der Waals surface area contributed by atoms with Crippen molar-refractivity contribution in [2.24, 2.45) is 0 Å². The van der Waals surface area contributed by atoms with E-state index >= 15 is 0 Å². The van der Waals surface area contributed by atoms with Gasteiger partial charge in [-0.05, 0) is 25.2 Å². The van der Waals surface area contributed by atoms with E-state index in [4.69, 9.17) is 4.98 Å². The molecule has 3 rings (SSSR count). The summed E-state index contributed by atoms with van der Waals surface area (Å²) in [6.45, 7) is 8.05. The van der Waals surface area contributed by atoms with Crippen LogP contribution in [0.3, 0.4) is 0 Å². The Kier molecular flexibility index (Phi) is 5.18. The molecule has 1 aliphatic rings. The standard InChI is InChI=1S/C18H23N3OS/c1-3-20(4-2)11-12-21-17(22)13-23-18(21)16-10-9-14-7-5-6-8-15(14)19-16/h5-10,18H,3-4,11-13H2,1-2H3. The van der Waals surface area contributed by atoms with E-state index in [-0.39, 0.29) is 11.3 Å². The third kappa shape index (κ3) is 3.51. The summed E-state index contributed by atoms with van der Waals surface area (Å²) in [5.74, 6) is 0.777. The monoisotopic (exact) mass is 329 g/mol. The third-order valence-corrected chi connectivity index (χ3v) is 5.62. The number of fused-ring (bicyclic) bond motifs is 1. The molecule has 23 heavy (non-hydrogen) atoms. The molecule has 2 heterocycles. The molecule has 4 nitrogen and oxygen atoms in total. The van der Waals surface area contributed by atoms with Gasteiger partial charge < -0.3 is 9.80 Å². The quantitative estimate of drug-likeness (QED) is 0.816. The highest BCUT2D eigenvalue weighted by atomic mass is 32.2. The molecule has 1 amide bonds. The van der Waals surface area contributed by atoms with E-state index in [9.17, 15) is 4.79 Å². The Morgan fingerprint density at radius 3 is 2.78 bits per heavy atom. The number of nitrogens with zero attached hydrogens (tertiary/aromatic N) is 3. The van der Waals surface area contributed by atoms with Crippen LogP contribution in [-0.2, 0) is 4.79 Å². The second kappa shape index (κ2) is 7.32. The van der Waals surface area contributed by atoms with E-state index < -0.39 is 0 Å². The Morgan fingerprint density at radius 1 is 1.22 bits per heavy atom. The Balaban J connectivity index is 1.79. The lowest BCUT2D eigenvalue weighted by Crippen LogP contribution is -2.37. The first-order chi connectivity index (χ1) is 11.2. The van der Waals surface area contributed by atoms with Crippen LogP contribution in [-0.4, -0.2) is 52.6 Å². The average Bonchev–Trinajstić information content (AvgIpc) is 2.96. The molecule has 1 aromatic heterocycles. The fourth-order valence-electron chi connectivity index (χ4n) is 2.95. The fourth-order valence-corrected chi connectivity index (χ4v) is 4.12. The normalized spacial score (nSPS) is 18.3. The van der Waals surface area contributed by atoms with Crippen LogP contribution in [0.2, 0.25) is 0 Å². The van der Waals surface area contributed by atoms with Gasteiger partial charge in [0.05, 0.1) is 17.0 Å². The van der Waals surface area contributed by atoms with Gasteiger partial charge >= 0.3 is 0 Å². The molecule has 1 aliphatic heterocycles. The van der Waals surface area contributed by atoms with Crippen LogP contribution in [0.1, 0.15) is 24.9 Å². The summed E-state index contributed by atoms with van der Waals surface area (Å²) in [5, 5.41) is 1.18. The van der Waals surface area contributed by atoms with Crippen LogP contribution in [0.4, 0.5) is 0 Å². The van der Waals surface area contributed by atoms with Gasteiger partial charge in [0.15, 0.2) is 0 Å². The first kappa shape index (κ1) is 16.3. The molecule has 5 heteroatoms. The van der Waals surface area contributed by atoms with E-state index in [1.807, 2.05) is 23.1 Å². The number of rotatable bonds is 6. The summed E-state index contributed by atoms with van der Waals surface area (Å²) in [6, 6.07) is 12.3. The molecule has 1 saturated heterocycles. The second-order valence-electron chi connectivity index (χ2n) is 5.71. The first-order valence-electron chi connectivity index (χ1n) is 8.22. The molecular weight excluding hydrogens is 306 g/mol. The van der Waals surface area contributed by atoms with Crippen molar-refractivity contribution in [2.45, 2.75) is 19.2 Å². The number of amides is 1. The Morgan fingerprint density at radius 2 is 2.00 bits per heavy atom. The Hall–Kier alpha value is -1.59. The number of carbonyl (C=O) groups excluding carboxylic acids is 1. The third-order valence-electron chi connectivity index (χ3n) is 4.39. The fraction of sp³-hybridized carbons (Fsp3) is 0.444. The molecule has 1 unspecified atom stereocenters. The summed E-state index contributed by atoms with van der Waals surface area (Å²) in [4.78, 5) is 21.4. The lowest BCUT2D eigenvalue weighted by Gasteiger charge is -2.27. The maximum atomic E-state index is 12.3. The summed E-state index contributed by atoms with van der Waals surface area (Å²) in [7, 11) is 0. The number of likely N-dealkylation sites (N-methyl/N-ethyl adjacent to an activating group) is 1. The number of para-hydroxylation sites is 1. The lowest BCUT2D eigenvalue weighted by molar-refractivity contribution is -0.128.